The van der Waals surface area contributed by atoms with E-state index in [1.807, 2.05) is 6.07 Å². The average molecular weight is 275 g/mol. The van der Waals surface area contributed by atoms with Gasteiger partial charge in [0.05, 0.1) is 14.2 Å². The molecule has 0 aliphatic heterocycles. The van der Waals surface area contributed by atoms with Gasteiger partial charge in [0, 0.05) is 5.41 Å². The number of allylic oxidation sites excluding steroid dienone is 1. The van der Waals surface area contributed by atoms with Crippen molar-refractivity contribution in [1.29, 1.82) is 5.26 Å². The van der Waals surface area contributed by atoms with Gasteiger partial charge in [-0.1, -0.05) is 0 Å². The van der Waals surface area contributed by atoms with Crippen molar-refractivity contribution < 1.29 is 14.3 Å². The minimum absolute atomic E-state index is 0.0666. The van der Waals surface area contributed by atoms with Gasteiger partial charge in [0.15, 0.2) is 5.57 Å². The summed E-state index contributed by atoms with van der Waals surface area (Å²) < 4.78 is 10.3. The Morgan fingerprint density at radius 1 is 1.05 bits per heavy atom. The Labute approximate surface area is 119 Å². The maximum atomic E-state index is 11.9. The largest absolute Gasteiger partial charge is 0.499 e. The number of methoxy groups -OCH3 is 2. The summed E-state index contributed by atoms with van der Waals surface area (Å²) in [4.78, 5) is 11.9. The van der Waals surface area contributed by atoms with Crippen LogP contribution in [0.5, 0.6) is 0 Å². The first-order valence-electron chi connectivity index (χ1n) is 7.39. The molecule has 4 fully saturated rings. The van der Waals surface area contributed by atoms with Crippen molar-refractivity contribution in [1.82, 2.24) is 0 Å². The third kappa shape index (κ3) is 1.91. The van der Waals surface area contributed by atoms with Crippen LogP contribution in [0, 0.1) is 34.5 Å². The Kier molecular flexibility index (Phi) is 3.24. The Balaban J connectivity index is 2.03. The molecule has 0 aromatic heterocycles. The zero-order chi connectivity index (χ0) is 14.3. The van der Waals surface area contributed by atoms with E-state index >= 15 is 0 Å². The molecule has 4 aliphatic carbocycles. The van der Waals surface area contributed by atoms with Crippen molar-refractivity contribution in [2.45, 2.75) is 38.5 Å². The molecule has 0 unspecified atom stereocenters. The molecule has 0 aromatic carbocycles. The number of hydrogen-bond donors (Lipinski definition) is 0. The summed E-state index contributed by atoms with van der Waals surface area (Å²) in [5.41, 5.74) is -0.0279. The number of ether oxygens (including phenoxy) is 2. The second kappa shape index (κ2) is 4.80. The molecule has 0 radical (unpaired) electrons. The van der Waals surface area contributed by atoms with Crippen LogP contribution in [-0.2, 0) is 14.3 Å². The molecule has 0 aromatic rings. The zero-order valence-corrected chi connectivity index (χ0v) is 12.1. The van der Waals surface area contributed by atoms with Crippen molar-refractivity contribution in [3.8, 4) is 6.07 Å². The lowest BCUT2D eigenvalue weighted by molar-refractivity contribution is -0.136. The predicted molar refractivity (Wildman–Crippen MR) is 72.3 cm³/mol. The van der Waals surface area contributed by atoms with E-state index < -0.39 is 5.97 Å². The van der Waals surface area contributed by atoms with Crippen LogP contribution in [0.3, 0.4) is 0 Å². The monoisotopic (exact) mass is 275 g/mol. The molecule has 0 atom stereocenters. The molecule has 4 rings (SSSR count). The van der Waals surface area contributed by atoms with Gasteiger partial charge in [-0.05, 0) is 56.3 Å². The van der Waals surface area contributed by atoms with Gasteiger partial charge in [-0.3, -0.25) is 0 Å². The highest BCUT2D eigenvalue weighted by Crippen LogP contribution is 2.63. The number of carbonyl (C=O) groups excluding carboxylic acids is 1. The van der Waals surface area contributed by atoms with Crippen LogP contribution in [-0.4, -0.2) is 20.2 Å². The van der Waals surface area contributed by atoms with Gasteiger partial charge in [-0.25, -0.2) is 4.79 Å². The van der Waals surface area contributed by atoms with E-state index in [4.69, 9.17) is 9.47 Å². The molecule has 4 saturated carbocycles. The molecule has 108 valence electrons. The highest BCUT2D eigenvalue weighted by atomic mass is 16.5. The van der Waals surface area contributed by atoms with Crippen molar-refractivity contribution in [2.24, 2.45) is 23.2 Å². The van der Waals surface area contributed by atoms with Gasteiger partial charge in [0.2, 0.25) is 0 Å². The highest BCUT2D eigenvalue weighted by molar-refractivity contribution is 5.93. The molecule has 0 amide bonds. The van der Waals surface area contributed by atoms with Crippen LogP contribution in [0.1, 0.15) is 38.5 Å². The van der Waals surface area contributed by atoms with Crippen LogP contribution >= 0.6 is 0 Å². The molecular weight excluding hydrogens is 254 g/mol. The second-order valence-corrected chi connectivity index (χ2v) is 6.71. The molecular formula is C16H21NO3. The van der Waals surface area contributed by atoms with Crippen molar-refractivity contribution in [2.75, 3.05) is 14.2 Å². The maximum Gasteiger partial charge on any atom is 0.352 e. The van der Waals surface area contributed by atoms with Crippen LogP contribution in [0.15, 0.2) is 11.3 Å². The van der Waals surface area contributed by atoms with Crippen LogP contribution in [0.25, 0.3) is 0 Å². The van der Waals surface area contributed by atoms with Crippen molar-refractivity contribution >= 4 is 5.97 Å². The minimum atomic E-state index is -0.569. The van der Waals surface area contributed by atoms with Crippen molar-refractivity contribution in [3.63, 3.8) is 0 Å². The first-order chi connectivity index (χ1) is 9.61. The summed E-state index contributed by atoms with van der Waals surface area (Å²) in [6.45, 7) is 0. The smallest absolute Gasteiger partial charge is 0.352 e. The number of nitriles is 1. The van der Waals surface area contributed by atoms with Crippen LogP contribution in [0.4, 0.5) is 0 Å². The zero-order valence-electron chi connectivity index (χ0n) is 12.1. The summed E-state index contributed by atoms with van der Waals surface area (Å²) >= 11 is 0. The molecule has 4 aliphatic rings. The molecule has 0 heterocycles. The molecule has 0 spiro atoms. The Bertz CT molecular complexity index is 465. The molecule has 4 bridgehead atoms. The summed E-state index contributed by atoms with van der Waals surface area (Å²) in [5.74, 6) is 2.24. The Morgan fingerprint density at radius 3 is 1.90 bits per heavy atom. The fraction of sp³-hybridized carbons (Fsp3) is 0.750. The second-order valence-electron chi connectivity index (χ2n) is 6.71. The standard InChI is InChI=1S/C16H21NO3/c1-19-14(13(9-17)15(18)20-2)16-6-10-3-11(7-16)5-12(4-10)8-16/h10-12H,3-8H2,1-2H3/b14-13-. The van der Waals surface area contributed by atoms with Crippen molar-refractivity contribution in [3.05, 3.63) is 11.3 Å². The molecule has 0 saturated heterocycles. The molecule has 0 N–H and O–H groups in total. The lowest BCUT2D eigenvalue weighted by atomic mass is 9.49. The lowest BCUT2D eigenvalue weighted by Crippen LogP contribution is -2.47. The van der Waals surface area contributed by atoms with E-state index in [1.165, 1.54) is 26.4 Å². The summed E-state index contributed by atoms with van der Waals surface area (Å²) in [6, 6.07) is 2.01. The lowest BCUT2D eigenvalue weighted by Gasteiger charge is -2.56. The summed E-state index contributed by atoms with van der Waals surface area (Å²) in [6.07, 6.45) is 7.13. The van der Waals surface area contributed by atoms with Gasteiger partial charge in [0.25, 0.3) is 0 Å². The molecule has 4 heteroatoms. The van der Waals surface area contributed by atoms with Crippen LogP contribution in [0.2, 0.25) is 0 Å². The van der Waals surface area contributed by atoms with Gasteiger partial charge < -0.3 is 9.47 Å². The van der Waals surface area contributed by atoms with Gasteiger partial charge >= 0.3 is 5.97 Å². The van der Waals surface area contributed by atoms with Gasteiger partial charge in [0.1, 0.15) is 11.8 Å². The minimum Gasteiger partial charge on any atom is -0.499 e. The van der Waals surface area contributed by atoms with E-state index in [2.05, 4.69) is 0 Å². The third-order valence-electron chi connectivity index (χ3n) is 5.45. The number of hydrogen-bond acceptors (Lipinski definition) is 4. The van der Waals surface area contributed by atoms with E-state index in [0.717, 1.165) is 37.0 Å². The highest BCUT2D eigenvalue weighted by Gasteiger charge is 2.54. The topological polar surface area (TPSA) is 59.3 Å². The number of nitrogens with zero attached hydrogens (tertiary/aromatic N) is 1. The van der Waals surface area contributed by atoms with Gasteiger partial charge in [-0.2, -0.15) is 5.26 Å². The maximum absolute atomic E-state index is 11.9. The fourth-order valence-electron chi connectivity index (χ4n) is 5.26. The third-order valence-corrected chi connectivity index (χ3v) is 5.45. The summed E-state index contributed by atoms with van der Waals surface area (Å²) in [7, 11) is 2.89. The molecule has 20 heavy (non-hydrogen) atoms. The average Bonchev–Trinajstić information content (AvgIpc) is 2.42. The van der Waals surface area contributed by atoms with E-state index in [1.54, 1.807) is 7.11 Å². The first kappa shape index (κ1) is 13.5. The Morgan fingerprint density at radius 2 is 1.55 bits per heavy atom. The SMILES string of the molecule is COC(=O)/C(C#N)=C(\OC)C12CC3CC(CC(C3)C1)C2. The van der Waals surface area contributed by atoms with E-state index in [9.17, 15) is 10.1 Å². The number of esters is 1. The summed E-state index contributed by atoms with van der Waals surface area (Å²) in [5, 5.41) is 9.34. The Hall–Kier alpha value is -1.50. The first-order valence-corrected chi connectivity index (χ1v) is 7.39. The van der Waals surface area contributed by atoms with Gasteiger partial charge in [-0.15, -0.1) is 0 Å². The number of rotatable bonds is 3. The van der Waals surface area contributed by atoms with Crippen LogP contribution < -0.4 is 0 Å². The normalized spacial score (nSPS) is 39.0. The van der Waals surface area contributed by atoms with E-state index in [0.29, 0.717) is 5.76 Å². The fourth-order valence-corrected chi connectivity index (χ4v) is 5.26. The molecule has 4 nitrogen and oxygen atoms in total. The van der Waals surface area contributed by atoms with E-state index in [-0.39, 0.29) is 11.0 Å². The quantitative estimate of drug-likeness (QED) is 0.344. The number of carbonyl (C=O) groups is 1. The predicted octanol–water partition coefficient (Wildman–Crippen LogP) is 2.80.